The molecule has 0 N–H and O–H groups in total. The Hall–Kier alpha value is -2.50. The van der Waals surface area contributed by atoms with Crippen molar-refractivity contribution in [1.82, 2.24) is 19.9 Å². The van der Waals surface area contributed by atoms with Crippen molar-refractivity contribution in [2.24, 2.45) is 0 Å². The highest BCUT2D eigenvalue weighted by atomic mass is 16.5. The lowest BCUT2D eigenvalue weighted by Crippen LogP contribution is -2.31. The van der Waals surface area contributed by atoms with Gasteiger partial charge in [-0.15, -0.1) is 0 Å². The smallest absolute Gasteiger partial charge is 0.274 e. The van der Waals surface area contributed by atoms with Gasteiger partial charge in [0.2, 0.25) is 0 Å². The predicted octanol–water partition coefficient (Wildman–Crippen LogP) is 1.47. The largest absolute Gasteiger partial charge is 0.487 e. The monoisotopic (exact) mass is 284 g/mol. The molecule has 0 bridgehead atoms. The van der Waals surface area contributed by atoms with Crippen molar-refractivity contribution in [3.05, 3.63) is 48.3 Å². The van der Waals surface area contributed by atoms with Gasteiger partial charge >= 0.3 is 0 Å². The van der Waals surface area contributed by atoms with Crippen LogP contribution in [0.5, 0.6) is 5.75 Å². The second kappa shape index (κ2) is 5.87. The highest BCUT2D eigenvalue weighted by Crippen LogP contribution is 2.18. The normalized spacial score (nSPS) is 17.8. The van der Waals surface area contributed by atoms with Crippen LogP contribution in [0.2, 0.25) is 0 Å². The molecule has 1 fully saturated rings. The lowest BCUT2D eigenvalue weighted by molar-refractivity contribution is 0.0766. The fraction of sp³-hybridized carbons (Fsp3) is 0.333. The number of carbonyl (C=O) groups is 1. The van der Waals surface area contributed by atoms with Crippen molar-refractivity contribution >= 4 is 5.91 Å². The lowest BCUT2D eigenvalue weighted by Gasteiger charge is -2.16. The van der Waals surface area contributed by atoms with Crippen LogP contribution >= 0.6 is 0 Å². The summed E-state index contributed by atoms with van der Waals surface area (Å²) in [5.74, 6) is 0.631. The minimum absolute atomic E-state index is 0.00319. The summed E-state index contributed by atoms with van der Waals surface area (Å²) in [5, 5.41) is 0. The molecule has 1 atom stereocenters. The SMILES string of the molecule is Cc1cnc(C(=O)N2CCC(Oc3cccnc3)C2)cn1. The van der Waals surface area contributed by atoms with E-state index in [1.165, 1.54) is 6.20 Å². The summed E-state index contributed by atoms with van der Waals surface area (Å²) in [6.45, 7) is 3.07. The van der Waals surface area contributed by atoms with E-state index in [1.807, 2.05) is 19.1 Å². The van der Waals surface area contributed by atoms with Gasteiger partial charge < -0.3 is 9.64 Å². The zero-order valence-corrected chi connectivity index (χ0v) is 11.8. The Balaban J connectivity index is 1.61. The van der Waals surface area contributed by atoms with Crippen LogP contribution in [0.15, 0.2) is 36.9 Å². The van der Waals surface area contributed by atoms with Crippen LogP contribution in [0.3, 0.4) is 0 Å². The van der Waals surface area contributed by atoms with Crippen molar-refractivity contribution < 1.29 is 9.53 Å². The molecule has 0 aliphatic carbocycles. The summed E-state index contributed by atoms with van der Waals surface area (Å²) >= 11 is 0. The molecule has 108 valence electrons. The third kappa shape index (κ3) is 3.16. The van der Waals surface area contributed by atoms with E-state index in [-0.39, 0.29) is 12.0 Å². The maximum Gasteiger partial charge on any atom is 0.274 e. The van der Waals surface area contributed by atoms with E-state index in [1.54, 1.807) is 23.5 Å². The number of hydrogen-bond donors (Lipinski definition) is 0. The summed E-state index contributed by atoms with van der Waals surface area (Å²) in [6.07, 6.45) is 7.31. The van der Waals surface area contributed by atoms with Crippen LogP contribution in [0.4, 0.5) is 0 Å². The second-order valence-corrected chi connectivity index (χ2v) is 5.01. The Bertz CT molecular complexity index is 615. The molecule has 6 heteroatoms. The van der Waals surface area contributed by atoms with Crippen LogP contribution in [0.1, 0.15) is 22.6 Å². The van der Waals surface area contributed by atoms with Gasteiger partial charge in [-0.1, -0.05) is 0 Å². The number of amides is 1. The maximum atomic E-state index is 12.3. The number of carbonyl (C=O) groups excluding carboxylic acids is 1. The first-order valence-electron chi connectivity index (χ1n) is 6.87. The molecule has 1 aliphatic heterocycles. The molecule has 1 saturated heterocycles. The first kappa shape index (κ1) is 13.5. The van der Waals surface area contributed by atoms with Gasteiger partial charge in [0.1, 0.15) is 17.5 Å². The van der Waals surface area contributed by atoms with Crippen molar-refractivity contribution in [3.63, 3.8) is 0 Å². The molecular weight excluding hydrogens is 268 g/mol. The van der Waals surface area contributed by atoms with E-state index in [2.05, 4.69) is 15.0 Å². The summed E-state index contributed by atoms with van der Waals surface area (Å²) < 4.78 is 5.82. The number of nitrogens with zero attached hydrogens (tertiary/aromatic N) is 4. The molecule has 2 aromatic rings. The lowest BCUT2D eigenvalue weighted by atomic mass is 10.3. The van der Waals surface area contributed by atoms with Gasteiger partial charge in [-0.05, 0) is 19.1 Å². The first-order valence-corrected chi connectivity index (χ1v) is 6.87. The van der Waals surface area contributed by atoms with E-state index < -0.39 is 0 Å². The number of aryl methyl sites for hydroxylation is 1. The number of rotatable bonds is 3. The zero-order chi connectivity index (χ0) is 14.7. The van der Waals surface area contributed by atoms with Crippen molar-refractivity contribution in [3.8, 4) is 5.75 Å². The zero-order valence-electron chi connectivity index (χ0n) is 11.8. The minimum atomic E-state index is -0.0974. The average molecular weight is 284 g/mol. The summed E-state index contributed by atoms with van der Waals surface area (Å²) in [4.78, 5) is 26.3. The molecule has 6 nitrogen and oxygen atoms in total. The number of ether oxygens (including phenoxy) is 1. The first-order chi connectivity index (χ1) is 10.2. The van der Waals surface area contributed by atoms with Crippen LogP contribution in [0.25, 0.3) is 0 Å². The molecule has 2 aromatic heterocycles. The van der Waals surface area contributed by atoms with E-state index in [4.69, 9.17) is 4.74 Å². The van der Waals surface area contributed by atoms with Gasteiger partial charge in [-0.3, -0.25) is 14.8 Å². The molecule has 1 unspecified atom stereocenters. The predicted molar refractivity (Wildman–Crippen MR) is 75.9 cm³/mol. The van der Waals surface area contributed by atoms with Crippen LogP contribution in [0, 0.1) is 6.92 Å². The molecule has 0 spiro atoms. The van der Waals surface area contributed by atoms with Gasteiger partial charge in [-0.25, -0.2) is 4.98 Å². The summed E-state index contributed by atoms with van der Waals surface area (Å²) in [6, 6.07) is 3.69. The number of hydrogen-bond acceptors (Lipinski definition) is 5. The van der Waals surface area contributed by atoms with Gasteiger partial charge in [-0.2, -0.15) is 0 Å². The Morgan fingerprint density at radius 3 is 2.95 bits per heavy atom. The highest BCUT2D eigenvalue weighted by molar-refractivity contribution is 5.92. The number of likely N-dealkylation sites (tertiary alicyclic amines) is 1. The molecule has 0 radical (unpaired) electrons. The number of aromatic nitrogens is 3. The second-order valence-electron chi connectivity index (χ2n) is 5.01. The summed E-state index contributed by atoms with van der Waals surface area (Å²) in [5.41, 5.74) is 1.17. The van der Waals surface area contributed by atoms with Crippen molar-refractivity contribution in [1.29, 1.82) is 0 Å². The van der Waals surface area contributed by atoms with Crippen LogP contribution in [-0.4, -0.2) is 45.0 Å². The Kier molecular flexibility index (Phi) is 3.77. The van der Waals surface area contributed by atoms with Gasteiger partial charge in [0.05, 0.1) is 24.6 Å². The van der Waals surface area contributed by atoms with Gasteiger partial charge in [0.25, 0.3) is 5.91 Å². The molecular formula is C15H16N4O2. The van der Waals surface area contributed by atoms with Crippen molar-refractivity contribution in [2.75, 3.05) is 13.1 Å². The fourth-order valence-corrected chi connectivity index (χ4v) is 2.28. The topological polar surface area (TPSA) is 68.2 Å². The van der Waals surface area contributed by atoms with E-state index in [9.17, 15) is 4.79 Å². The Morgan fingerprint density at radius 2 is 2.24 bits per heavy atom. The van der Waals surface area contributed by atoms with Gasteiger partial charge in [0.15, 0.2) is 0 Å². The minimum Gasteiger partial charge on any atom is -0.487 e. The quantitative estimate of drug-likeness (QED) is 0.854. The molecule has 0 saturated carbocycles. The van der Waals surface area contributed by atoms with E-state index in [0.29, 0.717) is 18.8 Å². The van der Waals surface area contributed by atoms with Crippen LogP contribution in [-0.2, 0) is 0 Å². The van der Waals surface area contributed by atoms with E-state index in [0.717, 1.165) is 17.9 Å². The number of pyridine rings is 1. The third-order valence-electron chi connectivity index (χ3n) is 3.37. The molecule has 1 amide bonds. The summed E-state index contributed by atoms with van der Waals surface area (Å²) in [7, 11) is 0. The standard InChI is InChI=1S/C15H16N4O2/c1-11-7-18-14(9-17-11)15(20)19-6-4-13(10-19)21-12-3-2-5-16-8-12/h2-3,5,7-9,13H,4,6,10H2,1H3. The maximum absolute atomic E-state index is 12.3. The molecule has 0 aromatic carbocycles. The average Bonchev–Trinajstić information content (AvgIpc) is 2.97. The Morgan fingerprint density at radius 1 is 1.33 bits per heavy atom. The van der Waals surface area contributed by atoms with Crippen LogP contribution < -0.4 is 4.74 Å². The molecule has 21 heavy (non-hydrogen) atoms. The van der Waals surface area contributed by atoms with Crippen molar-refractivity contribution in [2.45, 2.75) is 19.4 Å². The molecule has 3 rings (SSSR count). The highest BCUT2D eigenvalue weighted by Gasteiger charge is 2.29. The third-order valence-corrected chi connectivity index (χ3v) is 3.37. The fourth-order valence-electron chi connectivity index (χ4n) is 2.28. The molecule has 3 heterocycles. The molecule has 1 aliphatic rings. The Labute approximate surface area is 122 Å². The van der Waals surface area contributed by atoms with Gasteiger partial charge in [0, 0.05) is 25.4 Å². The van der Waals surface area contributed by atoms with E-state index >= 15 is 0 Å².